The monoisotopic (exact) mass is 290 g/mol. The number of carbonyl (C=O) groups excluding carboxylic acids is 3. The topological polar surface area (TPSA) is 66.9 Å². The molecule has 0 aromatic carbocycles. The minimum absolute atomic E-state index is 0.107. The lowest BCUT2D eigenvalue weighted by Gasteiger charge is -2.28. The molecule has 6 heteroatoms. The highest BCUT2D eigenvalue weighted by Gasteiger charge is 2.59. The number of nitrogens with zero attached hydrogens (tertiary/aromatic N) is 2. The van der Waals surface area contributed by atoms with E-state index in [0.717, 1.165) is 6.42 Å². The van der Waals surface area contributed by atoms with E-state index in [-0.39, 0.29) is 47.9 Å². The smallest absolute Gasteiger partial charge is 0.242 e. The van der Waals surface area contributed by atoms with Crippen LogP contribution in [-0.4, -0.2) is 60.4 Å². The average Bonchev–Trinajstić information content (AvgIpc) is 3.18. The van der Waals surface area contributed by atoms with Crippen molar-refractivity contribution < 1.29 is 19.1 Å². The van der Waals surface area contributed by atoms with Gasteiger partial charge >= 0.3 is 0 Å². The van der Waals surface area contributed by atoms with Crippen molar-refractivity contribution in [3.05, 3.63) is 12.2 Å². The first-order valence-electron chi connectivity index (χ1n) is 7.56. The minimum atomic E-state index is -0.218. The lowest BCUT2D eigenvalue weighted by Crippen LogP contribution is -2.47. The van der Waals surface area contributed by atoms with Crippen molar-refractivity contribution in [1.29, 1.82) is 0 Å². The Hall–Kier alpha value is -1.69. The Morgan fingerprint density at radius 3 is 2.24 bits per heavy atom. The summed E-state index contributed by atoms with van der Waals surface area (Å²) in [5, 5.41) is 0. The molecule has 2 aliphatic heterocycles. The van der Waals surface area contributed by atoms with Crippen LogP contribution in [0.3, 0.4) is 0 Å². The number of hydrogen-bond acceptors (Lipinski definition) is 4. The van der Waals surface area contributed by atoms with Gasteiger partial charge in [-0.3, -0.25) is 19.3 Å². The van der Waals surface area contributed by atoms with Crippen LogP contribution in [0.5, 0.6) is 0 Å². The highest BCUT2D eigenvalue weighted by atomic mass is 16.5. The van der Waals surface area contributed by atoms with E-state index in [4.69, 9.17) is 4.74 Å². The molecule has 1 saturated carbocycles. The van der Waals surface area contributed by atoms with E-state index in [1.807, 2.05) is 0 Å². The van der Waals surface area contributed by atoms with Crippen molar-refractivity contribution in [2.24, 2.45) is 23.7 Å². The summed E-state index contributed by atoms with van der Waals surface area (Å²) in [7, 11) is 0. The maximum Gasteiger partial charge on any atom is 0.242 e. The molecule has 4 rings (SSSR count). The molecule has 21 heavy (non-hydrogen) atoms. The van der Waals surface area contributed by atoms with E-state index >= 15 is 0 Å². The molecule has 0 radical (unpaired) electrons. The van der Waals surface area contributed by atoms with Crippen LogP contribution >= 0.6 is 0 Å². The summed E-state index contributed by atoms with van der Waals surface area (Å²) < 4.78 is 5.21. The zero-order valence-electron chi connectivity index (χ0n) is 11.7. The first-order valence-corrected chi connectivity index (χ1v) is 7.56. The van der Waals surface area contributed by atoms with Crippen molar-refractivity contribution >= 4 is 17.7 Å². The van der Waals surface area contributed by atoms with Gasteiger partial charge in [0.15, 0.2) is 0 Å². The van der Waals surface area contributed by atoms with E-state index in [2.05, 4.69) is 12.2 Å². The summed E-state index contributed by atoms with van der Waals surface area (Å²) in [6.07, 6.45) is 5.03. The lowest BCUT2D eigenvalue weighted by molar-refractivity contribution is -0.148. The Morgan fingerprint density at radius 1 is 1.10 bits per heavy atom. The third-order valence-corrected chi connectivity index (χ3v) is 5.22. The molecule has 0 aromatic heterocycles. The van der Waals surface area contributed by atoms with Gasteiger partial charge < -0.3 is 9.64 Å². The number of imide groups is 1. The molecule has 112 valence electrons. The predicted octanol–water partition coefficient (Wildman–Crippen LogP) is -0.348. The van der Waals surface area contributed by atoms with Crippen molar-refractivity contribution in [1.82, 2.24) is 9.80 Å². The second kappa shape index (κ2) is 4.66. The maximum absolute atomic E-state index is 12.5. The fourth-order valence-corrected chi connectivity index (χ4v) is 4.17. The van der Waals surface area contributed by atoms with Crippen LogP contribution in [0.2, 0.25) is 0 Å². The Balaban J connectivity index is 1.48. The fourth-order valence-electron chi connectivity index (χ4n) is 4.17. The second-order valence-electron chi connectivity index (χ2n) is 6.26. The van der Waals surface area contributed by atoms with Gasteiger partial charge in [0.2, 0.25) is 17.7 Å². The highest BCUT2D eigenvalue weighted by Crippen LogP contribution is 2.52. The number of amides is 3. The molecule has 2 bridgehead atoms. The number of carbonyl (C=O) groups is 3. The van der Waals surface area contributed by atoms with E-state index in [1.165, 1.54) is 4.90 Å². The summed E-state index contributed by atoms with van der Waals surface area (Å²) in [6, 6.07) is 0. The minimum Gasteiger partial charge on any atom is -0.378 e. The first-order chi connectivity index (χ1) is 10.2. The molecule has 0 spiro atoms. The molecule has 2 aliphatic carbocycles. The van der Waals surface area contributed by atoms with Crippen molar-refractivity contribution in [2.75, 3.05) is 32.8 Å². The van der Waals surface area contributed by atoms with Crippen LogP contribution in [0.4, 0.5) is 0 Å². The summed E-state index contributed by atoms with van der Waals surface area (Å²) in [6.45, 7) is 2.01. The number of allylic oxidation sites excluding steroid dienone is 2. The molecule has 0 N–H and O–H groups in total. The van der Waals surface area contributed by atoms with Gasteiger partial charge in [-0.25, -0.2) is 0 Å². The van der Waals surface area contributed by atoms with Crippen molar-refractivity contribution in [2.45, 2.75) is 6.42 Å². The predicted molar refractivity (Wildman–Crippen MR) is 71.8 cm³/mol. The number of hydrogen-bond donors (Lipinski definition) is 0. The van der Waals surface area contributed by atoms with Crippen LogP contribution in [0.25, 0.3) is 0 Å². The van der Waals surface area contributed by atoms with E-state index < -0.39 is 0 Å². The molecule has 6 nitrogen and oxygen atoms in total. The molecule has 0 unspecified atom stereocenters. The number of likely N-dealkylation sites (tertiary alicyclic amines) is 1. The van der Waals surface area contributed by atoms with Crippen LogP contribution in [0, 0.1) is 23.7 Å². The summed E-state index contributed by atoms with van der Waals surface area (Å²) >= 11 is 0. The second-order valence-corrected chi connectivity index (χ2v) is 6.26. The molecular weight excluding hydrogens is 272 g/mol. The molecule has 3 fully saturated rings. The van der Waals surface area contributed by atoms with Gasteiger partial charge in [0.25, 0.3) is 0 Å². The van der Waals surface area contributed by atoms with E-state index in [1.54, 1.807) is 4.90 Å². The molecule has 2 saturated heterocycles. The Morgan fingerprint density at radius 2 is 1.67 bits per heavy atom. The van der Waals surface area contributed by atoms with Crippen LogP contribution in [0.15, 0.2) is 12.2 Å². The quantitative estimate of drug-likeness (QED) is 0.515. The van der Waals surface area contributed by atoms with Gasteiger partial charge in [-0.15, -0.1) is 0 Å². The first kappa shape index (κ1) is 13.0. The van der Waals surface area contributed by atoms with Crippen molar-refractivity contribution in [3.63, 3.8) is 0 Å². The summed E-state index contributed by atoms with van der Waals surface area (Å²) in [4.78, 5) is 40.1. The molecular formula is C15H18N2O4. The van der Waals surface area contributed by atoms with E-state index in [0.29, 0.717) is 26.3 Å². The van der Waals surface area contributed by atoms with Gasteiger partial charge in [0.05, 0.1) is 25.0 Å². The lowest BCUT2D eigenvalue weighted by atomic mass is 9.85. The number of ether oxygens (including phenoxy) is 1. The van der Waals surface area contributed by atoms with Crippen molar-refractivity contribution in [3.8, 4) is 0 Å². The number of fused-ring (bicyclic) bond motifs is 5. The van der Waals surface area contributed by atoms with Gasteiger partial charge in [-0.1, -0.05) is 12.2 Å². The summed E-state index contributed by atoms with van der Waals surface area (Å²) in [5.41, 5.74) is 0. The van der Waals surface area contributed by atoms with Crippen LogP contribution in [0.1, 0.15) is 6.42 Å². The van der Waals surface area contributed by atoms with Crippen LogP contribution < -0.4 is 0 Å². The third-order valence-electron chi connectivity index (χ3n) is 5.22. The molecule has 0 aromatic rings. The van der Waals surface area contributed by atoms with Gasteiger partial charge in [0.1, 0.15) is 6.54 Å². The Labute approximate surface area is 122 Å². The van der Waals surface area contributed by atoms with Gasteiger partial charge in [-0.2, -0.15) is 0 Å². The molecule has 4 aliphatic rings. The largest absolute Gasteiger partial charge is 0.378 e. The number of rotatable bonds is 2. The SMILES string of the molecule is O=C(CN1C(=O)[C@@H]2[C@@H](C1=O)[C@H]1C=C[C@@H]2C1)N1CCOCC1. The van der Waals surface area contributed by atoms with Gasteiger partial charge in [-0.05, 0) is 18.3 Å². The fraction of sp³-hybridized carbons (Fsp3) is 0.667. The zero-order valence-corrected chi connectivity index (χ0v) is 11.7. The number of morpholine rings is 1. The van der Waals surface area contributed by atoms with Gasteiger partial charge in [0, 0.05) is 13.1 Å². The molecule has 2 heterocycles. The summed E-state index contributed by atoms with van der Waals surface area (Å²) in [5.74, 6) is -0.498. The maximum atomic E-state index is 12.5. The average molecular weight is 290 g/mol. The standard InChI is InChI=1S/C15H18N2O4/c18-11(16-3-5-21-6-4-16)8-17-14(19)12-9-1-2-10(7-9)13(12)15(17)20/h1-2,9-10,12-13H,3-8H2/t9-,10+,12-,13-/m0/s1. The molecule has 3 amide bonds. The highest BCUT2D eigenvalue weighted by molar-refractivity contribution is 6.08. The normalized spacial score (nSPS) is 37.5. The third kappa shape index (κ3) is 1.85. The molecule has 4 atom stereocenters. The Kier molecular flexibility index (Phi) is 2.89. The van der Waals surface area contributed by atoms with Crippen LogP contribution in [-0.2, 0) is 19.1 Å². The Bertz CT molecular complexity index is 508. The zero-order chi connectivity index (χ0) is 14.6. The van der Waals surface area contributed by atoms with E-state index in [9.17, 15) is 14.4 Å².